The third-order valence-electron chi connectivity index (χ3n) is 2.44. The van der Waals surface area contributed by atoms with E-state index in [-0.39, 0.29) is 0 Å². The van der Waals surface area contributed by atoms with Crippen LogP contribution in [0.1, 0.15) is 5.56 Å². The van der Waals surface area contributed by atoms with Gasteiger partial charge >= 0.3 is 0 Å². The molecule has 0 aliphatic rings. The number of anilines is 1. The Morgan fingerprint density at radius 2 is 1.65 bits per heavy atom. The Kier molecular flexibility index (Phi) is 4.70. The average Bonchev–Trinajstić information content (AvgIpc) is 2.41. The van der Waals surface area contributed by atoms with Gasteiger partial charge in [0.15, 0.2) is 0 Å². The minimum absolute atomic E-state index is 0.320. The maximum Gasteiger partial charge on any atom is 0.255 e. The van der Waals surface area contributed by atoms with Crippen LogP contribution in [0.4, 0.5) is 5.69 Å². The monoisotopic (exact) mass is 327 g/mol. The summed E-state index contributed by atoms with van der Waals surface area (Å²) in [6.45, 7) is 0. The quantitative estimate of drug-likeness (QED) is 0.904. The van der Waals surface area contributed by atoms with Gasteiger partial charge in [-0.25, -0.2) is 8.42 Å². The molecule has 2 aromatic rings. The standard InChI is InChI=1S/C14H11Cl2NO2S/c15-13-8-4-5-11(14(13)16)9-10-20(18,19)17-12-6-2-1-3-7-12/h1-10,17H. The third-order valence-corrected chi connectivity index (χ3v) is 4.29. The van der Waals surface area contributed by atoms with Crippen LogP contribution in [0.25, 0.3) is 6.08 Å². The van der Waals surface area contributed by atoms with E-state index in [1.54, 1.807) is 48.5 Å². The van der Waals surface area contributed by atoms with Crippen LogP contribution in [-0.2, 0) is 10.0 Å². The number of nitrogens with one attached hydrogen (secondary N) is 1. The molecule has 0 saturated heterocycles. The van der Waals surface area contributed by atoms with Gasteiger partial charge < -0.3 is 0 Å². The molecule has 0 fully saturated rings. The molecule has 0 radical (unpaired) electrons. The van der Waals surface area contributed by atoms with Crippen LogP contribution in [0.15, 0.2) is 53.9 Å². The summed E-state index contributed by atoms with van der Waals surface area (Å²) >= 11 is 11.8. The first kappa shape index (κ1) is 14.9. The first-order valence-corrected chi connectivity index (χ1v) is 7.98. The Labute approximate surface area is 127 Å². The van der Waals surface area contributed by atoms with Crippen molar-refractivity contribution in [3.05, 3.63) is 69.5 Å². The van der Waals surface area contributed by atoms with E-state index in [1.165, 1.54) is 6.08 Å². The molecule has 0 aromatic heterocycles. The van der Waals surface area contributed by atoms with Crippen molar-refractivity contribution in [2.75, 3.05) is 4.72 Å². The van der Waals surface area contributed by atoms with Crippen molar-refractivity contribution in [2.24, 2.45) is 0 Å². The Hall–Kier alpha value is -1.49. The Bertz CT molecular complexity index is 728. The molecule has 0 bridgehead atoms. The summed E-state index contributed by atoms with van der Waals surface area (Å²) in [5, 5.41) is 1.75. The topological polar surface area (TPSA) is 46.2 Å². The SMILES string of the molecule is O=S(=O)(C=Cc1cccc(Cl)c1Cl)Nc1ccccc1. The van der Waals surface area contributed by atoms with Crippen molar-refractivity contribution < 1.29 is 8.42 Å². The van der Waals surface area contributed by atoms with Gasteiger partial charge in [0, 0.05) is 5.69 Å². The Balaban J connectivity index is 2.20. The van der Waals surface area contributed by atoms with Crippen LogP contribution in [0.3, 0.4) is 0 Å². The zero-order valence-electron chi connectivity index (χ0n) is 10.3. The molecule has 3 nitrogen and oxygen atoms in total. The number of hydrogen-bond donors (Lipinski definition) is 1. The smallest absolute Gasteiger partial charge is 0.255 e. The Morgan fingerprint density at radius 3 is 2.35 bits per heavy atom. The molecule has 6 heteroatoms. The van der Waals surface area contributed by atoms with Gasteiger partial charge in [-0.3, -0.25) is 4.72 Å². The number of hydrogen-bond acceptors (Lipinski definition) is 2. The fraction of sp³-hybridized carbons (Fsp3) is 0. The van der Waals surface area contributed by atoms with E-state index in [2.05, 4.69) is 4.72 Å². The van der Waals surface area contributed by atoms with Crippen LogP contribution < -0.4 is 4.72 Å². The predicted molar refractivity (Wildman–Crippen MR) is 84.5 cm³/mol. The minimum Gasteiger partial charge on any atom is -0.280 e. The molecule has 0 atom stereocenters. The molecule has 0 aliphatic carbocycles. The van der Waals surface area contributed by atoms with E-state index in [0.717, 1.165) is 5.41 Å². The lowest BCUT2D eigenvalue weighted by Crippen LogP contribution is -2.08. The largest absolute Gasteiger partial charge is 0.280 e. The van der Waals surface area contributed by atoms with Crippen molar-refractivity contribution in [1.29, 1.82) is 0 Å². The number of sulfonamides is 1. The molecule has 2 rings (SSSR count). The molecule has 0 amide bonds. The fourth-order valence-electron chi connectivity index (χ4n) is 1.52. The summed E-state index contributed by atoms with van der Waals surface area (Å²) < 4.78 is 26.2. The van der Waals surface area contributed by atoms with Crippen LogP contribution in [0.5, 0.6) is 0 Å². The highest BCUT2D eigenvalue weighted by Crippen LogP contribution is 2.26. The normalized spacial score (nSPS) is 11.7. The number of para-hydroxylation sites is 1. The van der Waals surface area contributed by atoms with Gasteiger partial charge in [-0.15, -0.1) is 0 Å². The van der Waals surface area contributed by atoms with Gasteiger partial charge in [0.05, 0.1) is 15.5 Å². The van der Waals surface area contributed by atoms with Crippen molar-refractivity contribution in [3.63, 3.8) is 0 Å². The highest BCUT2D eigenvalue weighted by atomic mass is 35.5. The molecule has 0 heterocycles. The highest BCUT2D eigenvalue weighted by molar-refractivity contribution is 7.95. The molecule has 0 saturated carbocycles. The van der Waals surface area contributed by atoms with Crippen LogP contribution in [0, 0.1) is 0 Å². The summed E-state index contributed by atoms with van der Waals surface area (Å²) in [5.74, 6) is 0. The maximum atomic E-state index is 11.9. The number of halogens is 2. The lowest BCUT2D eigenvalue weighted by atomic mass is 10.2. The van der Waals surface area contributed by atoms with Gasteiger partial charge in [0.2, 0.25) is 0 Å². The molecule has 104 valence electrons. The first-order chi connectivity index (χ1) is 9.48. The van der Waals surface area contributed by atoms with Crippen molar-refractivity contribution in [1.82, 2.24) is 0 Å². The van der Waals surface area contributed by atoms with Crippen molar-refractivity contribution >= 4 is 45.0 Å². The molecule has 20 heavy (non-hydrogen) atoms. The first-order valence-electron chi connectivity index (χ1n) is 5.68. The number of rotatable bonds is 4. The van der Waals surface area contributed by atoms with Crippen molar-refractivity contribution in [2.45, 2.75) is 0 Å². The second-order valence-corrected chi connectivity index (χ2v) is 6.31. The average molecular weight is 328 g/mol. The van der Waals surface area contributed by atoms with E-state index >= 15 is 0 Å². The molecule has 1 N–H and O–H groups in total. The summed E-state index contributed by atoms with van der Waals surface area (Å²) in [6.07, 6.45) is 1.40. The molecule has 2 aromatic carbocycles. The van der Waals surface area contributed by atoms with Gasteiger partial charge in [-0.1, -0.05) is 53.5 Å². The highest BCUT2D eigenvalue weighted by Gasteiger charge is 2.06. The van der Waals surface area contributed by atoms with E-state index < -0.39 is 10.0 Å². The summed E-state index contributed by atoms with van der Waals surface area (Å²) in [7, 11) is -3.59. The van der Waals surface area contributed by atoms with Gasteiger partial charge in [-0.05, 0) is 29.8 Å². The second kappa shape index (κ2) is 6.31. The molecular formula is C14H11Cl2NO2S. The molecule has 0 spiro atoms. The molecular weight excluding hydrogens is 317 g/mol. The van der Waals surface area contributed by atoms with Crippen LogP contribution in [0.2, 0.25) is 10.0 Å². The zero-order chi connectivity index (χ0) is 14.6. The lowest BCUT2D eigenvalue weighted by Gasteiger charge is -2.04. The van der Waals surface area contributed by atoms with Gasteiger partial charge in [-0.2, -0.15) is 0 Å². The van der Waals surface area contributed by atoms with Crippen LogP contribution in [-0.4, -0.2) is 8.42 Å². The third kappa shape index (κ3) is 4.00. The maximum absolute atomic E-state index is 11.9. The van der Waals surface area contributed by atoms with Crippen LogP contribution >= 0.6 is 23.2 Å². The predicted octanol–water partition coefficient (Wildman–Crippen LogP) is 4.41. The lowest BCUT2D eigenvalue weighted by molar-refractivity contribution is 0.609. The van der Waals surface area contributed by atoms with Gasteiger partial charge in [0.1, 0.15) is 0 Å². The molecule has 0 aliphatic heterocycles. The summed E-state index contributed by atoms with van der Waals surface area (Å²) in [4.78, 5) is 0. The number of benzene rings is 2. The molecule has 0 unspecified atom stereocenters. The summed E-state index contributed by atoms with van der Waals surface area (Å²) in [6, 6.07) is 13.6. The van der Waals surface area contributed by atoms with E-state index in [4.69, 9.17) is 23.2 Å². The Morgan fingerprint density at radius 1 is 0.950 bits per heavy atom. The van der Waals surface area contributed by atoms with E-state index in [0.29, 0.717) is 21.3 Å². The minimum atomic E-state index is -3.59. The second-order valence-electron chi connectivity index (χ2n) is 3.96. The van der Waals surface area contributed by atoms with E-state index in [1.807, 2.05) is 0 Å². The van der Waals surface area contributed by atoms with Crippen molar-refractivity contribution in [3.8, 4) is 0 Å². The zero-order valence-corrected chi connectivity index (χ0v) is 12.6. The van der Waals surface area contributed by atoms with Gasteiger partial charge in [0.25, 0.3) is 10.0 Å². The fourth-order valence-corrected chi connectivity index (χ4v) is 2.75. The summed E-state index contributed by atoms with van der Waals surface area (Å²) in [5.41, 5.74) is 1.03. The van der Waals surface area contributed by atoms with E-state index in [9.17, 15) is 8.42 Å².